The van der Waals surface area contributed by atoms with Gasteiger partial charge < -0.3 is 18.7 Å². The minimum absolute atomic E-state index is 0.257. The predicted molar refractivity (Wildman–Crippen MR) is 107 cm³/mol. The van der Waals surface area contributed by atoms with Crippen LogP contribution in [0.15, 0.2) is 55.7 Å². The summed E-state index contributed by atoms with van der Waals surface area (Å²) in [6.07, 6.45) is 3.95. The number of carbonyl (C=O) groups excluding carboxylic acids is 1. The molecule has 0 spiro atoms. The third-order valence-corrected chi connectivity index (χ3v) is 5.26. The number of furan rings is 2. The molecule has 0 amide bonds. The van der Waals surface area contributed by atoms with Crippen LogP contribution in [0.5, 0.6) is 0 Å². The van der Waals surface area contributed by atoms with Gasteiger partial charge in [0.05, 0.1) is 24.0 Å². The zero-order valence-corrected chi connectivity index (χ0v) is 16.6. The molecule has 0 aliphatic rings. The van der Waals surface area contributed by atoms with Crippen LogP contribution < -0.4 is 5.11 Å². The van der Waals surface area contributed by atoms with E-state index in [0.717, 1.165) is 39.6 Å². The Labute approximate surface area is 170 Å². The fourth-order valence-corrected chi connectivity index (χ4v) is 3.61. The highest BCUT2D eigenvalue weighted by molar-refractivity contribution is 7.99. The van der Waals surface area contributed by atoms with Gasteiger partial charge in [-0.15, -0.1) is 10.2 Å². The summed E-state index contributed by atoms with van der Waals surface area (Å²) in [6, 6.07) is 9.50. The minimum atomic E-state index is -1.19. The van der Waals surface area contributed by atoms with Gasteiger partial charge in [0, 0.05) is 23.1 Å². The van der Waals surface area contributed by atoms with Crippen molar-refractivity contribution in [3.05, 3.63) is 53.7 Å². The molecule has 0 unspecified atom stereocenters. The van der Waals surface area contributed by atoms with E-state index < -0.39 is 5.97 Å². The molecule has 4 rings (SSSR count). The lowest BCUT2D eigenvalue weighted by Gasteiger charge is -2.04. The number of carboxylic acids is 1. The number of nitrogens with zero attached hydrogens (tertiary/aromatic N) is 4. The SMILES string of the molecule is CCc1oc2ccccc2c1C=Nn1c(SCC(=O)[O-])nnc1-c1ccoc1C. The molecule has 0 aliphatic heterocycles. The van der Waals surface area contributed by atoms with Gasteiger partial charge in [-0.25, -0.2) is 0 Å². The highest BCUT2D eigenvalue weighted by Crippen LogP contribution is 2.28. The lowest BCUT2D eigenvalue weighted by atomic mass is 10.1. The van der Waals surface area contributed by atoms with Crippen molar-refractivity contribution in [1.82, 2.24) is 14.9 Å². The van der Waals surface area contributed by atoms with E-state index in [0.29, 0.717) is 23.2 Å². The van der Waals surface area contributed by atoms with Gasteiger partial charge in [-0.3, -0.25) is 0 Å². The van der Waals surface area contributed by atoms with Gasteiger partial charge in [-0.1, -0.05) is 36.9 Å². The quantitative estimate of drug-likeness (QED) is 0.341. The topological polar surface area (TPSA) is 109 Å². The van der Waals surface area contributed by atoms with Crippen LogP contribution in [-0.2, 0) is 11.2 Å². The molecule has 9 heteroatoms. The van der Waals surface area contributed by atoms with E-state index in [4.69, 9.17) is 8.83 Å². The normalized spacial score (nSPS) is 11.7. The van der Waals surface area contributed by atoms with E-state index in [2.05, 4.69) is 15.3 Å². The maximum Gasteiger partial charge on any atom is 0.212 e. The molecule has 0 fully saturated rings. The average Bonchev–Trinajstić information content (AvgIpc) is 3.40. The molecule has 0 saturated carbocycles. The Hall–Kier alpha value is -3.33. The van der Waals surface area contributed by atoms with E-state index >= 15 is 0 Å². The molecule has 4 aromatic rings. The van der Waals surface area contributed by atoms with Gasteiger partial charge in [0.25, 0.3) is 0 Å². The smallest absolute Gasteiger partial charge is 0.212 e. The van der Waals surface area contributed by atoms with E-state index in [-0.39, 0.29) is 5.75 Å². The fourth-order valence-electron chi connectivity index (χ4n) is 3.00. The van der Waals surface area contributed by atoms with E-state index in [1.54, 1.807) is 18.5 Å². The van der Waals surface area contributed by atoms with Crippen molar-refractivity contribution < 1.29 is 18.7 Å². The van der Waals surface area contributed by atoms with Gasteiger partial charge in [-0.2, -0.15) is 9.78 Å². The fraction of sp³-hybridized carbons (Fsp3) is 0.200. The van der Waals surface area contributed by atoms with Crippen molar-refractivity contribution in [2.24, 2.45) is 5.10 Å². The van der Waals surface area contributed by atoms with Gasteiger partial charge in [-0.05, 0) is 19.1 Å². The summed E-state index contributed by atoms with van der Waals surface area (Å²) in [5.41, 5.74) is 2.37. The number of thioether (sulfide) groups is 1. The molecule has 0 N–H and O–H groups in total. The Bertz CT molecular complexity index is 1200. The lowest BCUT2D eigenvalue weighted by molar-refractivity contribution is -0.301. The maximum absolute atomic E-state index is 10.9. The van der Waals surface area contributed by atoms with E-state index in [9.17, 15) is 9.90 Å². The van der Waals surface area contributed by atoms with Crippen molar-refractivity contribution in [3.63, 3.8) is 0 Å². The molecule has 3 aromatic heterocycles. The van der Waals surface area contributed by atoms with E-state index in [1.807, 2.05) is 38.1 Å². The molecule has 0 bridgehead atoms. The van der Waals surface area contributed by atoms with Crippen molar-refractivity contribution in [3.8, 4) is 11.4 Å². The van der Waals surface area contributed by atoms with Gasteiger partial charge in [0.15, 0.2) is 5.82 Å². The summed E-state index contributed by atoms with van der Waals surface area (Å²) in [6.45, 7) is 3.82. The van der Waals surface area contributed by atoms with E-state index in [1.165, 1.54) is 4.68 Å². The molecule has 29 heavy (non-hydrogen) atoms. The number of aryl methyl sites for hydroxylation is 2. The lowest BCUT2D eigenvalue weighted by Crippen LogP contribution is -2.24. The first-order valence-electron chi connectivity index (χ1n) is 8.95. The second kappa shape index (κ2) is 7.96. The summed E-state index contributed by atoms with van der Waals surface area (Å²) in [4.78, 5) is 10.9. The minimum Gasteiger partial charge on any atom is -0.549 e. The van der Waals surface area contributed by atoms with Crippen LogP contribution >= 0.6 is 11.8 Å². The molecule has 0 aliphatic carbocycles. The number of aliphatic carboxylic acids is 1. The number of rotatable bonds is 7. The monoisotopic (exact) mass is 409 g/mol. The van der Waals surface area contributed by atoms with Crippen LogP contribution in [-0.4, -0.2) is 32.8 Å². The molecule has 0 atom stereocenters. The number of fused-ring (bicyclic) bond motifs is 1. The average molecular weight is 409 g/mol. The highest BCUT2D eigenvalue weighted by atomic mass is 32.2. The summed E-state index contributed by atoms with van der Waals surface area (Å²) in [7, 11) is 0. The van der Waals surface area contributed by atoms with Crippen molar-refractivity contribution in [2.45, 2.75) is 25.4 Å². The summed E-state index contributed by atoms with van der Waals surface area (Å²) in [5.74, 6) is 0.483. The number of benzene rings is 1. The maximum atomic E-state index is 10.9. The second-order valence-electron chi connectivity index (χ2n) is 6.20. The molecule has 0 radical (unpaired) electrons. The summed E-state index contributed by atoms with van der Waals surface area (Å²) >= 11 is 0.989. The van der Waals surface area contributed by atoms with Crippen LogP contribution in [0, 0.1) is 6.92 Å². The van der Waals surface area contributed by atoms with Crippen LogP contribution in [0.2, 0.25) is 0 Å². The van der Waals surface area contributed by atoms with Crippen LogP contribution in [0.1, 0.15) is 24.0 Å². The molecule has 1 aromatic carbocycles. The Balaban J connectivity index is 1.80. The molecule has 0 saturated heterocycles. The Morgan fingerprint density at radius 1 is 1.31 bits per heavy atom. The number of hydrogen-bond donors (Lipinski definition) is 0. The third-order valence-electron chi connectivity index (χ3n) is 4.37. The Kier molecular flexibility index (Phi) is 5.22. The number of carbonyl (C=O) groups is 1. The molecule has 3 heterocycles. The van der Waals surface area contributed by atoms with Crippen LogP contribution in [0.3, 0.4) is 0 Å². The Morgan fingerprint density at radius 2 is 2.14 bits per heavy atom. The van der Waals surface area contributed by atoms with Crippen molar-refractivity contribution in [2.75, 3.05) is 5.75 Å². The van der Waals surface area contributed by atoms with Gasteiger partial charge >= 0.3 is 0 Å². The zero-order chi connectivity index (χ0) is 20.4. The van der Waals surface area contributed by atoms with Crippen LogP contribution in [0.4, 0.5) is 0 Å². The molecular formula is C20H17N4O4S-. The number of aromatic nitrogens is 3. The van der Waals surface area contributed by atoms with Crippen LogP contribution in [0.25, 0.3) is 22.4 Å². The second-order valence-corrected chi connectivity index (χ2v) is 7.14. The first-order chi connectivity index (χ1) is 14.1. The summed E-state index contributed by atoms with van der Waals surface area (Å²) < 4.78 is 12.8. The largest absolute Gasteiger partial charge is 0.549 e. The third kappa shape index (κ3) is 3.68. The summed E-state index contributed by atoms with van der Waals surface area (Å²) in [5, 5.41) is 25.0. The first kappa shape index (κ1) is 19.0. The van der Waals surface area contributed by atoms with Gasteiger partial charge in [0.2, 0.25) is 5.16 Å². The molecule has 148 valence electrons. The Morgan fingerprint density at radius 3 is 2.86 bits per heavy atom. The van der Waals surface area contributed by atoms with Gasteiger partial charge in [0.1, 0.15) is 17.1 Å². The number of carboxylic acid groups (broad SMARTS) is 1. The molecule has 8 nitrogen and oxygen atoms in total. The first-order valence-corrected chi connectivity index (χ1v) is 9.94. The highest BCUT2D eigenvalue weighted by Gasteiger charge is 2.18. The van der Waals surface area contributed by atoms with Crippen molar-refractivity contribution in [1.29, 1.82) is 0 Å². The number of para-hydroxylation sites is 1. The predicted octanol–water partition coefficient (Wildman–Crippen LogP) is 2.88. The standard InChI is InChI=1S/C20H18N4O4S/c1-3-16-15(14-6-4-5-7-17(14)28-16)10-21-24-19(13-8-9-27-12(13)2)22-23-20(24)29-11-18(25)26/h4-10H,3,11H2,1-2H3,(H,25,26)/p-1. The zero-order valence-electron chi connectivity index (χ0n) is 15.8. The number of hydrogen-bond acceptors (Lipinski definition) is 8. The molecular weight excluding hydrogens is 392 g/mol. The van der Waals surface area contributed by atoms with Crippen molar-refractivity contribution >= 4 is 34.9 Å².